The van der Waals surface area contributed by atoms with Crippen molar-refractivity contribution < 1.29 is 34.1 Å². The van der Waals surface area contributed by atoms with E-state index in [1.165, 1.54) is 30.7 Å². The summed E-state index contributed by atoms with van der Waals surface area (Å²) in [6, 6.07) is 7.63. The lowest BCUT2D eigenvalue weighted by atomic mass is 9.79. The molecule has 3 N–H and O–H groups in total. The van der Waals surface area contributed by atoms with Crippen LogP contribution in [0, 0.1) is 0 Å². The highest BCUT2D eigenvalue weighted by Crippen LogP contribution is 2.67. The van der Waals surface area contributed by atoms with Gasteiger partial charge in [0.2, 0.25) is 11.3 Å². The van der Waals surface area contributed by atoms with Crippen LogP contribution in [0.15, 0.2) is 52.8 Å². The molecule has 0 radical (unpaired) electrons. The Kier molecular flexibility index (Phi) is 3.48. The van der Waals surface area contributed by atoms with Crippen molar-refractivity contribution in [3.63, 3.8) is 0 Å². The molecule has 1 aliphatic carbocycles. The molecule has 1 fully saturated rings. The minimum atomic E-state index is -2.76. The van der Waals surface area contributed by atoms with Crippen molar-refractivity contribution in [3.8, 4) is 0 Å². The molecule has 1 aromatic heterocycles. The van der Waals surface area contributed by atoms with Gasteiger partial charge in [-0.1, -0.05) is 37.6 Å². The lowest BCUT2D eigenvalue weighted by Gasteiger charge is -2.45. The molecule has 5 rings (SSSR count). The summed E-state index contributed by atoms with van der Waals surface area (Å²) in [6.07, 6.45) is 3.84. The maximum Gasteiger partial charge on any atom is 0.296 e. The first-order valence-corrected chi connectivity index (χ1v) is 9.42. The third-order valence-corrected chi connectivity index (χ3v) is 6.09. The Morgan fingerprint density at radius 1 is 1.07 bits per heavy atom. The van der Waals surface area contributed by atoms with Gasteiger partial charge in [0.15, 0.2) is 0 Å². The summed E-state index contributed by atoms with van der Waals surface area (Å²) in [5.74, 6) is -7.05. The van der Waals surface area contributed by atoms with Gasteiger partial charge in [-0.3, -0.25) is 9.59 Å². The Bertz CT molecular complexity index is 1070. The van der Waals surface area contributed by atoms with Crippen LogP contribution in [0.4, 0.5) is 0 Å². The first-order chi connectivity index (χ1) is 13.8. The average Bonchev–Trinajstić information content (AvgIpc) is 3.40. The smallest absolute Gasteiger partial charge is 0.296 e. The van der Waals surface area contributed by atoms with Gasteiger partial charge in [-0.25, -0.2) is 0 Å². The number of rotatable bonds is 4. The highest BCUT2D eigenvalue weighted by atomic mass is 16.6. The van der Waals surface area contributed by atoms with Gasteiger partial charge in [-0.05, 0) is 12.5 Å². The fourth-order valence-corrected chi connectivity index (χ4v) is 4.88. The SMILES string of the molecule is CCCCN1C(=O)C(=O)C2=C(c3ccoc3)OC3(O)c4ccccc4C(O)(O)C213. The molecule has 1 spiro atoms. The molecular weight excluding hydrogens is 378 g/mol. The standard InChI is InChI=1S/C21H19NO7/c1-2-3-9-22-18(24)16(23)15-17(12-8-10-28-11-12)29-21(27)14-7-5-4-6-13(14)20(25,26)19(15,21)22/h4-8,10-11,25-27H,2-3,9H2,1H3. The Hall–Kier alpha value is -2.94. The van der Waals surface area contributed by atoms with E-state index in [2.05, 4.69) is 0 Å². The number of carbonyl (C=O) groups is 2. The largest absolute Gasteiger partial charge is 0.472 e. The molecule has 1 saturated heterocycles. The number of furan rings is 1. The molecule has 0 bridgehead atoms. The molecule has 1 aromatic carbocycles. The van der Waals surface area contributed by atoms with Gasteiger partial charge in [0.05, 0.1) is 17.4 Å². The number of fused-ring (bicyclic) bond motifs is 2. The number of benzene rings is 1. The van der Waals surface area contributed by atoms with Crippen molar-refractivity contribution in [2.45, 2.75) is 36.9 Å². The zero-order chi connectivity index (χ0) is 20.6. The van der Waals surface area contributed by atoms with Crippen LogP contribution in [0.3, 0.4) is 0 Å². The number of ether oxygens (including phenoxy) is 1. The van der Waals surface area contributed by atoms with Gasteiger partial charge in [0.1, 0.15) is 12.0 Å². The number of aliphatic hydroxyl groups is 3. The van der Waals surface area contributed by atoms with Gasteiger partial charge in [0, 0.05) is 17.7 Å². The number of Topliss-reactive ketones (excluding diaryl/α,β-unsaturated/α-hetero) is 1. The molecule has 8 nitrogen and oxygen atoms in total. The fraction of sp³-hybridized carbons (Fsp3) is 0.333. The van der Waals surface area contributed by atoms with E-state index in [4.69, 9.17) is 9.15 Å². The Morgan fingerprint density at radius 3 is 2.45 bits per heavy atom. The Morgan fingerprint density at radius 2 is 1.79 bits per heavy atom. The van der Waals surface area contributed by atoms with E-state index in [0.717, 1.165) is 4.90 Å². The van der Waals surface area contributed by atoms with Crippen LogP contribution in [0.25, 0.3) is 5.76 Å². The molecule has 2 aromatic rings. The number of unbranched alkanes of at least 4 members (excludes halogenated alkanes) is 1. The van der Waals surface area contributed by atoms with Crippen molar-refractivity contribution in [1.82, 2.24) is 4.90 Å². The Balaban J connectivity index is 1.88. The van der Waals surface area contributed by atoms with Crippen LogP contribution in [-0.4, -0.2) is 44.0 Å². The summed E-state index contributed by atoms with van der Waals surface area (Å²) < 4.78 is 11.0. The quantitative estimate of drug-likeness (QED) is 0.519. The topological polar surface area (TPSA) is 120 Å². The molecule has 1 amide bonds. The zero-order valence-corrected chi connectivity index (χ0v) is 15.6. The third-order valence-electron chi connectivity index (χ3n) is 6.09. The van der Waals surface area contributed by atoms with Crippen LogP contribution in [0.1, 0.15) is 36.5 Å². The maximum atomic E-state index is 13.1. The summed E-state index contributed by atoms with van der Waals surface area (Å²) in [7, 11) is 0. The van der Waals surface area contributed by atoms with Crippen LogP contribution < -0.4 is 0 Å². The minimum Gasteiger partial charge on any atom is -0.472 e. The van der Waals surface area contributed by atoms with Gasteiger partial charge in [-0.2, -0.15) is 0 Å². The van der Waals surface area contributed by atoms with Crippen molar-refractivity contribution in [2.24, 2.45) is 0 Å². The molecule has 3 heterocycles. The molecule has 2 unspecified atom stereocenters. The van der Waals surface area contributed by atoms with E-state index >= 15 is 0 Å². The summed E-state index contributed by atoms with van der Waals surface area (Å²) in [4.78, 5) is 27.1. The molecule has 8 heteroatoms. The third kappa shape index (κ3) is 1.80. The summed E-state index contributed by atoms with van der Waals surface area (Å²) in [5.41, 5.74) is -2.11. The number of hydrogen-bond donors (Lipinski definition) is 3. The molecular formula is C21H19NO7. The zero-order valence-electron chi connectivity index (χ0n) is 15.6. The second-order valence-corrected chi connectivity index (χ2v) is 7.53. The predicted molar refractivity (Wildman–Crippen MR) is 97.5 cm³/mol. The van der Waals surface area contributed by atoms with Crippen LogP contribution >= 0.6 is 0 Å². The van der Waals surface area contributed by atoms with Crippen molar-refractivity contribution in [1.29, 1.82) is 0 Å². The molecule has 0 saturated carbocycles. The van der Waals surface area contributed by atoms with E-state index < -0.39 is 28.8 Å². The van der Waals surface area contributed by atoms with Gasteiger partial charge >= 0.3 is 0 Å². The number of amides is 1. The number of likely N-dealkylation sites (tertiary alicyclic amines) is 1. The van der Waals surface area contributed by atoms with Crippen LogP contribution in [0.5, 0.6) is 0 Å². The van der Waals surface area contributed by atoms with Crippen LogP contribution in [0.2, 0.25) is 0 Å². The van der Waals surface area contributed by atoms with E-state index in [0.29, 0.717) is 18.4 Å². The van der Waals surface area contributed by atoms with Crippen LogP contribution in [-0.2, 0) is 25.9 Å². The number of carbonyl (C=O) groups excluding carboxylic acids is 2. The lowest BCUT2D eigenvalue weighted by Crippen LogP contribution is -2.66. The average molecular weight is 397 g/mol. The molecule has 150 valence electrons. The number of nitrogens with zero attached hydrogens (tertiary/aromatic N) is 1. The molecule has 2 aliphatic heterocycles. The summed E-state index contributed by atoms with van der Waals surface area (Å²) in [5, 5.41) is 34.5. The molecule has 3 aliphatic rings. The van der Waals surface area contributed by atoms with Gasteiger partial charge < -0.3 is 29.4 Å². The van der Waals surface area contributed by atoms with Crippen molar-refractivity contribution >= 4 is 17.4 Å². The maximum absolute atomic E-state index is 13.1. The highest BCUT2D eigenvalue weighted by molar-refractivity contribution is 6.48. The lowest BCUT2D eigenvalue weighted by molar-refractivity contribution is -0.312. The molecule has 2 atom stereocenters. The fourth-order valence-electron chi connectivity index (χ4n) is 4.88. The number of hydrogen-bond acceptors (Lipinski definition) is 7. The van der Waals surface area contributed by atoms with E-state index in [1.54, 1.807) is 12.1 Å². The normalized spacial score (nSPS) is 29.2. The first kappa shape index (κ1) is 18.1. The van der Waals surface area contributed by atoms with Gasteiger partial charge in [0.25, 0.3) is 17.5 Å². The summed E-state index contributed by atoms with van der Waals surface area (Å²) >= 11 is 0. The van der Waals surface area contributed by atoms with E-state index in [-0.39, 0.29) is 29.0 Å². The van der Waals surface area contributed by atoms with E-state index in [9.17, 15) is 24.9 Å². The number of ketones is 1. The van der Waals surface area contributed by atoms with Gasteiger partial charge in [-0.15, -0.1) is 0 Å². The Labute approximate surface area is 165 Å². The van der Waals surface area contributed by atoms with E-state index in [1.807, 2.05) is 6.92 Å². The second kappa shape index (κ2) is 5.56. The molecule has 29 heavy (non-hydrogen) atoms. The minimum absolute atomic E-state index is 0.0183. The monoisotopic (exact) mass is 397 g/mol. The van der Waals surface area contributed by atoms with Crippen molar-refractivity contribution in [3.05, 3.63) is 65.1 Å². The highest BCUT2D eigenvalue weighted by Gasteiger charge is 2.85. The first-order valence-electron chi connectivity index (χ1n) is 9.42. The summed E-state index contributed by atoms with van der Waals surface area (Å²) in [6.45, 7) is 1.95. The van der Waals surface area contributed by atoms with Crippen molar-refractivity contribution in [2.75, 3.05) is 6.54 Å². The second-order valence-electron chi connectivity index (χ2n) is 7.53. The predicted octanol–water partition coefficient (Wildman–Crippen LogP) is 0.967.